The lowest BCUT2D eigenvalue weighted by Crippen LogP contribution is -2.47. The quantitative estimate of drug-likeness (QED) is 0.0959. The average Bonchev–Trinajstić information content (AvgIpc) is 3.52. The van der Waals surface area contributed by atoms with Gasteiger partial charge in [-0.05, 0) is 60.9 Å². The number of hydrogen-bond acceptors (Lipinski definition) is 13. The summed E-state index contributed by atoms with van der Waals surface area (Å²) in [7, 11) is -9.12. The van der Waals surface area contributed by atoms with Gasteiger partial charge in [-0.2, -0.15) is 16.8 Å². The van der Waals surface area contributed by atoms with Gasteiger partial charge in [0.05, 0.1) is 38.8 Å². The van der Waals surface area contributed by atoms with Crippen LogP contribution in [0.25, 0.3) is 16.7 Å². The Morgan fingerprint density at radius 3 is 2.11 bits per heavy atom. The van der Waals surface area contributed by atoms with Crippen LogP contribution in [0.15, 0.2) is 66.8 Å². The lowest BCUT2D eigenvalue weighted by Gasteiger charge is -2.42. The first-order chi connectivity index (χ1) is 30.4. The largest absolute Gasteiger partial charge is 0.748 e. The summed E-state index contributed by atoms with van der Waals surface area (Å²) in [5, 5.41) is 3.43. The third-order valence-electron chi connectivity index (χ3n) is 12.2. The molecule has 0 spiro atoms. The number of rotatable bonds is 13. The number of benzene rings is 3. The van der Waals surface area contributed by atoms with Crippen molar-refractivity contribution >= 4 is 76.4 Å². The molecule has 3 aromatic carbocycles. The van der Waals surface area contributed by atoms with Crippen LogP contribution >= 0.6 is 0 Å². The van der Waals surface area contributed by atoms with Crippen LogP contribution in [0.2, 0.25) is 0 Å². The lowest BCUT2D eigenvalue weighted by atomic mass is 9.83. The molecule has 0 unspecified atom stereocenters. The number of amides is 4. The maximum atomic E-state index is 14.7. The molecule has 0 aliphatic carbocycles. The molecule has 66 heavy (non-hydrogen) atoms. The van der Waals surface area contributed by atoms with Crippen LogP contribution < -0.4 is 30.1 Å². The lowest BCUT2D eigenvalue weighted by molar-refractivity contribution is -0.136. The Kier molecular flexibility index (Phi) is 12.1. The average molecular weight is 966 g/mol. The number of nitrogens with one attached hydrogen (secondary N) is 1. The van der Waals surface area contributed by atoms with Crippen molar-refractivity contribution in [2.75, 3.05) is 62.9 Å². The van der Waals surface area contributed by atoms with Gasteiger partial charge in [-0.15, -0.1) is 0 Å². The predicted molar refractivity (Wildman–Crippen MR) is 242 cm³/mol. The summed E-state index contributed by atoms with van der Waals surface area (Å²) in [5.74, 6) is -4.66. The van der Waals surface area contributed by atoms with Crippen molar-refractivity contribution in [1.29, 1.82) is 0 Å². The van der Waals surface area contributed by atoms with Crippen molar-refractivity contribution in [3.63, 3.8) is 0 Å². The maximum Gasteiger partial charge on any atom is 0.269 e. The fourth-order valence-electron chi connectivity index (χ4n) is 8.44. The number of anilines is 1. The van der Waals surface area contributed by atoms with Gasteiger partial charge in [-0.1, -0.05) is 12.1 Å². The molecule has 0 saturated heterocycles. The summed E-state index contributed by atoms with van der Waals surface area (Å²) in [5.41, 5.74) is 0.508. The smallest absolute Gasteiger partial charge is 0.269 e. The van der Waals surface area contributed by atoms with Crippen LogP contribution in [0.5, 0.6) is 11.5 Å². The molecule has 4 aliphatic rings. The van der Waals surface area contributed by atoms with E-state index in [2.05, 4.69) is 5.32 Å². The van der Waals surface area contributed by atoms with Crippen LogP contribution in [0.1, 0.15) is 70.7 Å². The van der Waals surface area contributed by atoms with Crippen molar-refractivity contribution in [1.82, 2.24) is 19.7 Å². The van der Waals surface area contributed by atoms with E-state index in [9.17, 15) is 58.1 Å². The normalized spacial score (nSPS) is 17.3. The van der Waals surface area contributed by atoms with Crippen LogP contribution in [-0.2, 0) is 39.9 Å². The summed E-state index contributed by atoms with van der Waals surface area (Å²) in [6.07, 6.45) is 5.55. The van der Waals surface area contributed by atoms with Gasteiger partial charge in [-0.3, -0.25) is 33.2 Å². The van der Waals surface area contributed by atoms with Gasteiger partial charge in [0.1, 0.15) is 24.3 Å². The third-order valence-corrected chi connectivity index (χ3v) is 14.2. The molecule has 22 heteroatoms. The summed E-state index contributed by atoms with van der Waals surface area (Å²) in [6, 6.07) is 10.7. The molecule has 0 radical (unpaired) electrons. The fraction of sp³-hybridized carbons (Fsp3) is 0.341. The second kappa shape index (κ2) is 16.7. The number of hydrogen-bond donors (Lipinski definition) is 3. The van der Waals surface area contributed by atoms with Crippen LogP contribution in [0, 0.1) is 0 Å². The Balaban J connectivity index is 1.52. The zero-order valence-corrected chi connectivity index (χ0v) is 39.3. The molecule has 0 aromatic heterocycles. The predicted octanol–water partition coefficient (Wildman–Crippen LogP) is 0.996. The standard InChI is InChI=1S/C44H47N5O14S3/c1-43(2)21-26(23-65(57,58)59)29-17-32-36(19-34(29)47(43)6)63-37-20-35-30(27(24-66(60,61)62)22-44(3,4)48(35)7)18-33(37)40(32)28-9-8-25(16-31(28)42(53)46(5)14-15-64(54,55)56)41(52)45-12-13-49-38(50)10-11-39(49)51/h8-11,16-22H,12-15,23-24H2,1-7H3,(H3-,45,52,54,55,56,57,58,59,60,61,62). The van der Waals surface area contributed by atoms with Crippen molar-refractivity contribution in [2.45, 2.75) is 38.8 Å². The van der Waals surface area contributed by atoms with E-state index in [0.29, 0.717) is 22.2 Å². The molecule has 0 saturated carbocycles. The molecule has 7 rings (SSSR count). The van der Waals surface area contributed by atoms with Gasteiger partial charge in [0.25, 0.3) is 43.9 Å². The summed E-state index contributed by atoms with van der Waals surface area (Å²) >= 11 is 0. The number of ether oxygens (including phenoxy) is 1. The minimum absolute atomic E-state index is 0.0663. The highest BCUT2D eigenvalue weighted by Gasteiger charge is 2.38. The highest BCUT2D eigenvalue weighted by molar-refractivity contribution is 7.86. The molecule has 4 aliphatic heterocycles. The molecule has 350 valence electrons. The number of carbonyl (C=O) groups excluding carboxylic acids is 4. The minimum Gasteiger partial charge on any atom is -0.748 e. The molecular weight excluding hydrogens is 919 g/mol. The van der Waals surface area contributed by atoms with E-state index < -0.39 is 88.9 Å². The highest BCUT2D eigenvalue weighted by atomic mass is 32.2. The van der Waals surface area contributed by atoms with Gasteiger partial charge in [0.15, 0.2) is 5.54 Å². The number of likely N-dealkylation sites (N-methyl/N-ethyl adjacent to an activating group) is 2. The second-order valence-electron chi connectivity index (χ2n) is 17.6. The van der Waals surface area contributed by atoms with Gasteiger partial charge >= 0.3 is 0 Å². The van der Waals surface area contributed by atoms with E-state index in [1.54, 1.807) is 50.5 Å². The summed E-state index contributed by atoms with van der Waals surface area (Å²) in [6.45, 7) is 6.56. The van der Waals surface area contributed by atoms with Gasteiger partial charge in [0, 0.05) is 105 Å². The molecule has 19 nitrogen and oxygen atoms in total. The first kappa shape index (κ1) is 47.9. The van der Waals surface area contributed by atoms with Gasteiger partial charge < -0.3 is 24.4 Å². The van der Waals surface area contributed by atoms with Crippen LogP contribution in [-0.4, -0.2) is 141 Å². The van der Waals surface area contributed by atoms with E-state index in [1.165, 1.54) is 25.2 Å². The number of imide groups is 1. The fourth-order valence-corrected chi connectivity index (χ4v) is 10.2. The topological polar surface area (TPSA) is 268 Å². The third kappa shape index (κ3) is 9.60. The molecule has 0 fully saturated rings. The van der Waals surface area contributed by atoms with E-state index >= 15 is 0 Å². The monoisotopic (exact) mass is 965 g/mol. The molecule has 3 N–H and O–H groups in total. The first-order valence-electron chi connectivity index (χ1n) is 20.3. The van der Waals surface area contributed by atoms with Crippen molar-refractivity contribution in [2.24, 2.45) is 0 Å². The zero-order valence-electron chi connectivity index (χ0n) is 36.9. The zero-order chi connectivity index (χ0) is 48.6. The maximum absolute atomic E-state index is 14.7. The van der Waals surface area contributed by atoms with Crippen molar-refractivity contribution in [3.8, 4) is 11.5 Å². The van der Waals surface area contributed by atoms with Crippen LogP contribution in [0.3, 0.4) is 0 Å². The summed E-state index contributed by atoms with van der Waals surface area (Å²) in [4.78, 5) is 56.4. The van der Waals surface area contributed by atoms with Gasteiger partial charge in [-0.25, -0.2) is 13.0 Å². The van der Waals surface area contributed by atoms with Gasteiger partial charge in [0.2, 0.25) is 5.36 Å². The molecule has 3 aromatic rings. The van der Waals surface area contributed by atoms with Crippen molar-refractivity contribution in [3.05, 3.63) is 111 Å². The Morgan fingerprint density at radius 1 is 0.833 bits per heavy atom. The molecule has 0 bridgehead atoms. The Morgan fingerprint density at radius 2 is 1.48 bits per heavy atom. The number of nitrogens with zero attached hydrogens (tertiary/aromatic N) is 4. The first-order valence-corrected chi connectivity index (χ1v) is 25.1. The molecule has 0 atom stereocenters. The number of carbonyl (C=O) groups is 4. The Hall–Kier alpha value is -6.04. The van der Waals surface area contributed by atoms with E-state index in [4.69, 9.17) is 4.74 Å². The van der Waals surface area contributed by atoms with Crippen molar-refractivity contribution < 1.29 is 62.8 Å². The van der Waals surface area contributed by atoms with E-state index in [1.807, 2.05) is 37.2 Å². The second-order valence-corrected chi connectivity index (χ2v) is 22.0. The highest BCUT2D eigenvalue weighted by Crippen LogP contribution is 2.47. The molecular formula is C44H47N5O14S3. The Labute approximate surface area is 381 Å². The molecule has 4 heterocycles. The van der Waals surface area contributed by atoms with E-state index in [0.717, 1.165) is 22.0 Å². The minimum atomic E-state index is -4.83. The van der Waals surface area contributed by atoms with E-state index in [-0.39, 0.29) is 68.8 Å². The SMILES string of the molecule is CN(CCS(=O)(=O)O)C(=O)c1cc(C(=O)NCCN2C(=O)C=CC2=O)ccc1C1=c2cc3c(cc2Oc2cc4c(cc21)C(CS(=O)(=O)[O-])=CC(C)(C)N4C)=[N+](C)C(C)(C)C=C3CS(=O)(=O)O. The molecule has 4 amide bonds. The Bertz CT molecular complexity index is 3250. The summed E-state index contributed by atoms with van der Waals surface area (Å²) < 4.78 is 114. The van der Waals surface area contributed by atoms with Crippen LogP contribution in [0.4, 0.5) is 5.69 Å². The number of fused-ring (bicyclic) bond motifs is 4.